The molecule has 0 aliphatic heterocycles. The van der Waals surface area contributed by atoms with Crippen LogP contribution in [0.1, 0.15) is 0 Å². The average Bonchev–Trinajstić information content (AvgIpc) is 3.74. The molecule has 0 aliphatic rings. The van der Waals surface area contributed by atoms with Crippen molar-refractivity contribution in [3.8, 4) is 22.3 Å². The fourth-order valence-corrected chi connectivity index (χ4v) is 8.55. The monoisotopic (exact) mass is 643 g/mol. The van der Waals surface area contributed by atoms with Crippen LogP contribution in [0.2, 0.25) is 0 Å². The second-order valence-corrected chi connectivity index (χ2v) is 13.6. The zero-order valence-electron chi connectivity index (χ0n) is 26.5. The van der Waals surface area contributed by atoms with E-state index in [4.69, 9.17) is 4.42 Å². The first kappa shape index (κ1) is 27.9. The molecular weight excluding hydrogens is 615 g/mol. The molecule has 0 spiro atoms. The fourth-order valence-electron chi connectivity index (χ4n) is 7.41. The van der Waals surface area contributed by atoms with Crippen LogP contribution in [0.4, 0.5) is 17.1 Å². The molecule has 2 nitrogen and oxygen atoms in total. The molecule has 2 aromatic heterocycles. The van der Waals surface area contributed by atoms with E-state index in [9.17, 15) is 0 Å². The largest absolute Gasteiger partial charge is 0.454 e. The highest BCUT2D eigenvalue weighted by atomic mass is 32.1. The van der Waals surface area contributed by atoms with Gasteiger partial charge in [-0.25, -0.2) is 0 Å². The van der Waals surface area contributed by atoms with E-state index in [-0.39, 0.29) is 0 Å². The van der Waals surface area contributed by atoms with Crippen molar-refractivity contribution >= 4 is 81.3 Å². The molecule has 49 heavy (non-hydrogen) atoms. The molecule has 10 rings (SSSR count). The molecule has 0 bridgehead atoms. The van der Waals surface area contributed by atoms with Gasteiger partial charge in [-0.1, -0.05) is 127 Å². The molecule has 0 N–H and O–H groups in total. The van der Waals surface area contributed by atoms with Crippen molar-refractivity contribution in [2.75, 3.05) is 4.90 Å². The minimum absolute atomic E-state index is 0.872. The maximum absolute atomic E-state index is 6.66. The standard InChI is InChI=1S/C46H29NOS/c1-2-13-31(14-3-1)35-27-26-34(29-40(35)37-18-11-23-44-45(37)39-17-7-9-22-43(39)49-44)47(33-25-24-30-12-4-5-15-32(30)28-33)41-20-10-19-38-36-16-6-8-21-42(36)48-46(38)41/h1-29H. The molecule has 0 fully saturated rings. The van der Waals surface area contributed by atoms with Crippen LogP contribution in [0.5, 0.6) is 0 Å². The van der Waals surface area contributed by atoms with Gasteiger partial charge in [-0.2, -0.15) is 0 Å². The lowest BCUT2D eigenvalue weighted by Crippen LogP contribution is -2.10. The summed E-state index contributed by atoms with van der Waals surface area (Å²) in [6, 6.07) is 63.3. The molecule has 2 heterocycles. The minimum Gasteiger partial charge on any atom is -0.454 e. The quantitative estimate of drug-likeness (QED) is 0.186. The number of furan rings is 1. The minimum atomic E-state index is 0.872. The van der Waals surface area contributed by atoms with Gasteiger partial charge in [0.05, 0.1) is 5.69 Å². The molecule has 8 aromatic carbocycles. The summed E-state index contributed by atoms with van der Waals surface area (Å²) in [4.78, 5) is 2.36. The molecule has 0 atom stereocenters. The van der Waals surface area contributed by atoms with Crippen LogP contribution in [0.3, 0.4) is 0 Å². The number of para-hydroxylation sites is 2. The third-order valence-corrected chi connectivity index (χ3v) is 10.8. The third-order valence-electron chi connectivity index (χ3n) is 9.65. The molecule has 0 radical (unpaired) electrons. The SMILES string of the molecule is c1ccc(-c2ccc(N(c3ccc4ccccc4c3)c3cccc4c3oc3ccccc34)cc2-c2cccc3sc4ccccc4c23)cc1. The Morgan fingerprint density at radius 3 is 2.04 bits per heavy atom. The van der Waals surface area contributed by atoms with Crippen molar-refractivity contribution in [3.63, 3.8) is 0 Å². The number of hydrogen-bond acceptors (Lipinski definition) is 3. The Kier molecular flexibility index (Phi) is 6.39. The van der Waals surface area contributed by atoms with E-state index in [1.54, 1.807) is 0 Å². The Morgan fingerprint density at radius 1 is 0.429 bits per heavy atom. The van der Waals surface area contributed by atoms with E-state index in [1.807, 2.05) is 17.4 Å². The number of benzene rings is 8. The molecule has 0 unspecified atom stereocenters. The number of nitrogens with zero attached hydrogens (tertiary/aromatic N) is 1. The van der Waals surface area contributed by atoms with Crippen molar-refractivity contribution in [1.82, 2.24) is 0 Å². The first-order valence-electron chi connectivity index (χ1n) is 16.6. The second-order valence-electron chi connectivity index (χ2n) is 12.5. The molecule has 0 saturated carbocycles. The molecule has 230 valence electrons. The van der Waals surface area contributed by atoms with Gasteiger partial charge in [-0.05, 0) is 81.6 Å². The van der Waals surface area contributed by atoms with Gasteiger partial charge >= 0.3 is 0 Å². The predicted octanol–water partition coefficient (Wildman–Crippen LogP) is 13.9. The Labute approximate surface area is 287 Å². The summed E-state index contributed by atoms with van der Waals surface area (Å²) in [5, 5.41) is 7.22. The van der Waals surface area contributed by atoms with Crippen LogP contribution in [0.25, 0.3) is 75.1 Å². The Morgan fingerprint density at radius 2 is 1.12 bits per heavy atom. The number of hydrogen-bond donors (Lipinski definition) is 0. The van der Waals surface area contributed by atoms with Crippen LogP contribution >= 0.6 is 11.3 Å². The zero-order valence-corrected chi connectivity index (χ0v) is 27.3. The second kappa shape index (κ2) is 11.2. The predicted molar refractivity (Wildman–Crippen MR) is 210 cm³/mol. The number of anilines is 3. The molecule has 0 amide bonds. The van der Waals surface area contributed by atoms with Gasteiger partial charge in [0.2, 0.25) is 0 Å². The van der Waals surface area contributed by atoms with Crippen LogP contribution in [0, 0.1) is 0 Å². The van der Waals surface area contributed by atoms with E-state index in [1.165, 1.54) is 53.2 Å². The Bertz CT molecular complexity index is 2840. The van der Waals surface area contributed by atoms with E-state index in [0.717, 1.165) is 39.0 Å². The maximum atomic E-state index is 6.66. The summed E-state index contributed by atoms with van der Waals surface area (Å²) < 4.78 is 9.25. The average molecular weight is 644 g/mol. The van der Waals surface area contributed by atoms with Crippen molar-refractivity contribution in [1.29, 1.82) is 0 Å². The normalized spacial score (nSPS) is 11.7. The van der Waals surface area contributed by atoms with Gasteiger partial charge in [-0.3, -0.25) is 0 Å². The maximum Gasteiger partial charge on any atom is 0.159 e. The fraction of sp³-hybridized carbons (Fsp3) is 0. The van der Waals surface area contributed by atoms with Crippen molar-refractivity contribution in [2.45, 2.75) is 0 Å². The summed E-state index contributed by atoms with van der Waals surface area (Å²) in [5.74, 6) is 0. The van der Waals surface area contributed by atoms with E-state index in [0.29, 0.717) is 0 Å². The van der Waals surface area contributed by atoms with E-state index in [2.05, 4.69) is 175 Å². The molecule has 0 saturated heterocycles. The molecular formula is C46H29NOS. The van der Waals surface area contributed by atoms with Crippen molar-refractivity contribution in [2.24, 2.45) is 0 Å². The summed E-state index contributed by atoms with van der Waals surface area (Å²) in [7, 11) is 0. The third kappa shape index (κ3) is 4.55. The highest BCUT2D eigenvalue weighted by Gasteiger charge is 2.22. The molecule has 0 aliphatic carbocycles. The number of thiophene rings is 1. The lowest BCUT2D eigenvalue weighted by atomic mass is 9.91. The zero-order chi connectivity index (χ0) is 32.3. The first-order chi connectivity index (χ1) is 24.3. The highest BCUT2D eigenvalue weighted by molar-refractivity contribution is 7.25. The Balaban J connectivity index is 1.28. The van der Waals surface area contributed by atoms with E-state index >= 15 is 0 Å². The Hall–Kier alpha value is -6.16. The molecule has 10 aromatic rings. The van der Waals surface area contributed by atoms with Crippen molar-refractivity contribution in [3.05, 3.63) is 176 Å². The summed E-state index contributed by atoms with van der Waals surface area (Å²) >= 11 is 1.86. The van der Waals surface area contributed by atoms with Gasteiger partial charge in [0.25, 0.3) is 0 Å². The summed E-state index contributed by atoms with van der Waals surface area (Å²) in [5.41, 5.74) is 9.72. The topological polar surface area (TPSA) is 16.4 Å². The van der Waals surface area contributed by atoms with Crippen molar-refractivity contribution < 1.29 is 4.42 Å². The van der Waals surface area contributed by atoms with Gasteiger partial charge < -0.3 is 9.32 Å². The van der Waals surface area contributed by atoms with Crippen LogP contribution < -0.4 is 4.90 Å². The smallest absolute Gasteiger partial charge is 0.159 e. The molecule has 3 heteroatoms. The van der Waals surface area contributed by atoms with Gasteiger partial charge in [0.15, 0.2) is 5.58 Å². The van der Waals surface area contributed by atoms with E-state index < -0.39 is 0 Å². The highest BCUT2D eigenvalue weighted by Crippen LogP contribution is 2.47. The summed E-state index contributed by atoms with van der Waals surface area (Å²) in [6.07, 6.45) is 0. The first-order valence-corrected chi connectivity index (χ1v) is 17.4. The lowest BCUT2D eigenvalue weighted by molar-refractivity contribution is 0.669. The number of fused-ring (bicyclic) bond motifs is 7. The van der Waals surface area contributed by atoms with Gasteiger partial charge in [0, 0.05) is 42.3 Å². The van der Waals surface area contributed by atoms with Gasteiger partial charge in [-0.15, -0.1) is 11.3 Å². The lowest BCUT2D eigenvalue weighted by Gasteiger charge is -2.27. The summed E-state index contributed by atoms with van der Waals surface area (Å²) in [6.45, 7) is 0. The van der Waals surface area contributed by atoms with Crippen LogP contribution in [-0.4, -0.2) is 0 Å². The van der Waals surface area contributed by atoms with Crippen LogP contribution in [0.15, 0.2) is 180 Å². The van der Waals surface area contributed by atoms with Crippen LogP contribution in [-0.2, 0) is 0 Å². The number of rotatable bonds is 5. The van der Waals surface area contributed by atoms with Gasteiger partial charge in [0.1, 0.15) is 5.58 Å².